The lowest BCUT2D eigenvalue weighted by molar-refractivity contribution is -0.111. The minimum Gasteiger partial charge on any atom is -0.497 e. The van der Waals surface area contributed by atoms with E-state index in [0.29, 0.717) is 23.8 Å². The summed E-state index contributed by atoms with van der Waals surface area (Å²) in [5.41, 5.74) is 1.56. The number of carbonyl (C=O) groups excluding carboxylic acids is 1. The molecule has 0 aliphatic rings. The number of hydrogen-bond donors (Lipinski definition) is 1. The van der Waals surface area contributed by atoms with Crippen molar-refractivity contribution in [1.29, 1.82) is 0 Å². The van der Waals surface area contributed by atoms with Crippen molar-refractivity contribution >= 4 is 17.7 Å². The molecule has 2 rings (SSSR count). The van der Waals surface area contributed by atoms with Gasteiger partial charge in [0.25, 0.3) is 0 Å². The summed E-state index contributed by atoms with van der Waals surface area (Å²) in [4.78, 5) is 12.1. The molecule has 1 amide bonds. The van der Waals surface area contributed by atoms with Crippen LogP contribution in [0, 0.1) is 0 Å². The zero-order valence-corrected chi connectivity index (χ0v) is 15.5. The maximum Gasteiger partial charge on any atom is 0.248 e. The van der Waals surface area contributed by atoms with Crippen LogP contribution in [-0.2, 0) is 4.79 Å². The van der Waals surface area contributed by atoms with Crippen molar-refractivity contribution in [1.82, 2.24) is 0 Å². The maximum absolute atomic E-state index is 12.1. The van der Waals surface area contributed by atoms with Crippen molar-refractivity contribution in [3.63, 3.8) is 0 Å². The van der Waals surface area contributed by atoms with Gasteiger partial charge in [-0.05, 0) is 54.5 Å². The van der Waals surface area contributed by atoms with Gasteiger partial charge in [-0.25, -0.2) is 0 Å². The van der Waals surface area contributed by atoms with Gasteiger partial charge < -0.3 is 19.5 Å². The largest absolute Gasteiger partial charge is 0.497 e. The summed E-state index contributed by atoms with van der Waals surface area (Å²) in [5.74, 6) is 1.89. The molecule has 26 heavy (non-hydrogen) atoms. The predicted molar refractivity (Wildman–Crippen MR) is 104 cm³/mol. The standard InChI is InChI=1S/C21H25NO4/c1-4-5-14-26-19-12-6-16(15-20(19)25-3)7-13-21(23)22-17-8-10-18(24-2)11-9-17/h6-13,15H,4-5,14H2,1-3H3,(H,22,23)/b13-7+. The molecule has 0 unspecified atom stereocenters. The molecule has 1 N–H and O–H groups in total. The molecule has 0 fully saturated rings. The second-order valence-electron chi connectivity index (χ2n) is 5.66. The monoisotopic (exact) mass is 355 g/mol. The number of benzene rings is 2. The van der Waals surface area contributed by atoms with E-state index in [2.05, 4.69) is 12.2 Å². The lowest BCUT2D eigenvalue weighted by atomic mass is 10.2. The van der Waals surface area contributed by atoms with Gasteiger partial charge >= 0.3 is 0 Å². The van der Waals surface area contributed by atoms with Gasteiger partial charge in [-0.15, -0.1) is 0 Å². The fourth-order valence-electron chi connectivity index (χ4n) is 2.26. The molecule has 0 bridgehead atoms. The Morgan fingerprint density at radius 2 is 1.81 bits per heavy atom. The van der Waals surface area contributed by atoms with Gasteiger partial charge in [0.2, 0.25) is 5.91 Å². The van der Waals surface area contributed by atoms with Gasteiger partial charge in [0, 0.05) is 11.8 Å². The highest BCUT2D eigenvalue weighted by Crippen LogP contribution is 2.28. The normalized spacial score (nSPS) is 10.6. The zero-order chi connectivity index (χ0) is 18.8. The molecule has 0 spiro atoms. The highest BCUT2D eigenvalue weighted by Gasteiger charge is 2.05. The second kappa shape index (κ2) is 10.1. The third-order valence-electron chi connectivity index (χ3n) is 3.73. The smallest absolute Gasteiger partial charge is 0.248 e. The topological polar surface area (TPSA) is 56.8 Å². The Balaban J connectivity index is 1.98. The summed E-state index contributed by atoms with van der Waals surface area (Å²) >= 11 is 0. The number of hydrogen-bond acceptors (Lipinski definition) is 4. The van der Waals surface area contributed by atoms with Crippen molar-refractivity contribution < 1.29 is 19.0 Å². The molecular weight excluding hydrogens is 330 g/mol. The van der Waals surface area contributed by atoms with Crippen LogP contribution in [0.3, 0.4) is 0 Å². The highest BCUT2D eigenvalue weighted by molar-refractivity contribution is 6.01. The van der Waals surface area contributed by atoms with E-state index in [1.165, 1.54) is 6.08 Å². The number of carbonyl (C=O) groups is 1. The highest BCUT2D eigenvalue weighted by atomic mass is 16.5. The fourth-order valence-corrected chi connectivity index (χ4v) is 2.26. The number of nitrogens with one attached hydrogen (secondary N) is 1. The Hall–Kier alpha value is -2.95. The van der Waals surface area contributed by atoms with Crippen LogP contribution in [0.4, 0.5) is 5.69 Å². The van der Waals surface area contributed by atoms with E-state index in [0.717, 1.165) is 24.2 Å². The van der Waals surface area contributed by atoms with Crippen LogP contribution in [-0.4, -0.2) is 26.7 Å². The summed E-state index contributed by atoms with van der Waals surface area (Å²) in [7, 11) is 3.20. The first-order valence-electron chi connectivity index (χ1n) is 8.60. The summed E-state index contributed by atoms with van der Waals surface area (Å²) < 4.78 is 16.2. The molecule has 5 heteroatoms. The Morgan fingerprint density at radius 1 is 1.04 bits per heavy atom. The van der Waals surface area contributed by atoms with Gasteiger partial charge in [-0.3, -0.25) is 4.79 Å². The lowest BCUT2D eigenvalue weighted by Crippen LogP contribution is -2.07. The first kappa shape index (κ1) is 19.4. The Labute approximate surface area is 154 Å². The van der Waals surface area contributed by atoms with Gasteiger partial charge in [0.15, 0.2) is 11.5 Å². The van der Waals surface area contributed by atoms with E-state index in [4.69, 9.17) is 14.2 Å². The van der Waals surface area contributed by atoms with E-state index in [9.17, 15) is 4.79 Å². The summed E-state index contributed by atoms with van der Waals surface area (Å²) in [6.45, 7) is 2.78. The van der Waals surface area contributed by atoms with Crippen molar-refractivity contribution in [3.8, 4) is 17.2 Å². The van der Waals surface area contributed by atoms with Gasteiger partial charge in [0.05, 0.1) is 20.8 Å². The van der Waals surface area contributed by atoms with Crippen molar-refractivity contribution in [3.05, 3.63) is 54.1 Å². The lowest BCUT2D eigenvalue weighted by Gasteiger charge is -2.11. The van der Waals surface area contributed by atoms with Crippen LogP contribution in [0.1, 0.15) is 25.3 Å². The first-order valence-corrected chi connectivity index (χ1v) is 8.60. The number of unbranched alkanes of at least 4 members (excludes halogenated alkanes) is 1. The van der Waals surface area contributed by atoms with Gasteiger partial charge in [-0.2, -0.15) is 0 Å². The van der Waals surface area contributed by atoms with Crippen molar-refractivity contribution in [2.24, 2.45) is 0 Å². The zero-order valence-electron chi connectivity index (χ0n) is 15.5. The number of rotatable bonds is 9. The van der Waals surface area contributed by atoms with Crippen LogP contribution in [0.25, 0.3) is 6.08 Å². The molecule has 138 valence electrons. The average Bonchev–Trinajstić information content (AvgIpc) is 2.67. The molecule has 0 saturated heterocycles. The van der Waals surface area contributed by atoms with Crippen LogP contribution in [0.2, 0.25) is 0 Å². The number of ether oxygens (including phenoxy) is 3. The first-order chi connectivity index (χ1) is 12.7. The van der Waals surface area contributed by atoms with Crippen molar-refractivity contribution in [2.45, 2.75) is 19.8 Å². The van der Waals surface area contributed by atoms with Crippen LogP contribution in [0.5, 0.6) is 17.2 Å². The number of amides is 1. The third kappa shape index (κ3) is 5.84. The minimum atomic E-state index is -0.211. The summed E-state index contributed by atoms with van der Waals surface area (Å²) in [6.07, 6.45) is 5.29. The van der Waals surface area contributed by atoms with E-state index < -0.39 is 0 Å². The number of methoxy groups -OCH3 is 2. The molecular formula is C21H25NO4. The van der Waals surface area contributed by atoms with Crippen LogP contribution in [0.15, 0.2) is 48.5 Å². The van der Waals surface area contributed by atoms with Crippen molar-refractivity contribution in [2.75, 3.05) is 26.1 Å². The van der Waals surface area contributed by atoms with E-state index in [1.54, 1.807) is 44.6 Å². The van der Waals surface area contributed by atoms with Gasteiger partial charge in [0.1, 0.15) is 5.75 Å². The molecule has 0 atom stereocenters. The average molecular weight is 355 g/mol. The molecule has 0 aliphatic heterocycles. The minimum absolute atomic E-state index is 0.211. The Kier molecular flexibility index (Phi) is 7.55. The Bertz CT molecular complexity index is 738. The van der Waals surface area contributed by atoms with Gasteiger partial charge in [-0.1, -0.05) is 19.4 Å². The Morgan fingerprint density at radius 3 is 2.46 bits per heavy atom. The maximum atomic E-state index is 12.1. The predicted octanol–water partition coefficient (Wildman–Crippen LogP) is 4.53. The van der Waals surface area contributed by atoms with E-state index in [1.807, 2.05) is 18.2 Å². The molecule has 5 nitrogen and oxygen atoms in total. The van der Waals surface area contributed by atoms with Crippen LogP contribution < -0.4 is 19.5 Å². The molecule has 0 radical (unpaired) electrons. The van der Waals surface area contributed by atoms with Crippen LogP contribution >= 0.6 is 0 Å². The number of anilines is 1. The summed E-state index contributed by atoms with van der Waals surface area (Å²) in [6, 6.07) is 12.8. The molecule has 0 heterocycles. The third-order valence-corrected chi connectivity index (χ3v) is 3.73. The molecule has 2 aromatic rings. The summed E-state index contributed by atoms with van der Waals surface area (Å²) in [5, 5.41) is 2.80. The molecule has 2 aromatic carbocycles. The SMILES string of the molecule is CCCCOc1ccc(/C=C/C(=O)Nc2ccc(OC)cc2)cc1OC. The quantitative estimate of drug-likeness (QED) is 0.530. The van der Waals surface area contributed by atoms with E-state index >= 15 is 0 Å². The fraction of sp³-hybridized carbons (Fsp3) is 0.286. The molecule has 0 aliphatic carbocycles. The molecule has 0 saturated carbocycles. The second-order valence-corrected chi connectivity index (χ2v) is 5.66. The van der Waals surface area contributed by atoms with E-state index in [-0.39, 0.29) is 5.91 Å². The molecule has 0 aromatic heterocycles.